The highest BCUT2D eigenvalue weighted by Gasteiger charge is 2.26. The van der Waals surface area contributed by atoms with Crippen molar-refractivity contribution in [2.75, 3.05) is 19.6 Å². The summed E-state index contributed by atoms with van der Waals surface area (Å²) in [7, 11) is 0. The molecule has 2 aliphatic rings. The van der Waals surface area contributed by atoms with E-state index in [-0.39, 0.29) is 17.9 Å². The first kappa shape index (κ1) is 15.4. The quantitative estimate of drug-likeness (QED) is 0.906. The van der Waals surface area contributed by atoms with E-state index in [4.69, 9.17) is 0 Å². The Hall–Kier alpha value is -1.49. The van der Waals surface area contributed by atoms with Gasteiger partial charge in [0.2, 0.25) is 5.91 Å². The van der Waals surface area contributed by atoms with E-state index in [1.54, 1.807) is 4.90 Å². The normalized spacial score (nSPS) is 19.5. The number of hydrogen-bond acceptors (Lipinski definition) is 2. The number of rotatable bonds is 5. The van der Waals surface area contributed by atoms with E-state index >= 15 is 0 Å². The summed E-state index contributed by atoms with van der Waals surface area (Å²) >= 11 is 0. The minimum atomic E-state index is -0.644. The van der Waals surface area contributed by atoms with E-state index in [0.29, 0.717) is 19.1 Å². The van der Waals surface area contributed by atoms with Gasteiger partial charge in [-0.3, -0.25) is 4.79 Å². The molecule has 1 amide bonds. The van der Waals surface area contributed by atoms with E-state index in [0.717, 1.165) is 25.3 Å². The summed E-state index contributed by atoms with van der Waals surface area (Å²) < 4.78 is 27.2. The lowest BCUT2D eigenvalue weighted by Gasteiger charge is -2.32. The van der Waals surface area contributed by atoms with Gasteiger partial charge in [0, 0.05) is 24.7 Å². The maximum Gasteiger partial charge on any atom is 0.227 e. The SMILES string of the molecule is O=C(Cc1c(F)cccc1F)N1CCC(NCC2CC2)CC1. The topological polar surface area (TPSA) is 32.3 Å². The molecular formula is C17H22F2N2O. The number of carbonyl (C=O) groups excluding carboxylic acids is 1. The molecular weight excluding hydrogens is 286 g/mol. The second kappa shape index (κ2) is 6.73. The van der Waals surface area contributed by atoms with Crippen molar-refractivity contribution < 1.29 is 13.6 Å². The average molecular weight is 308 g/mol. The zero-order chi connectivity index (χ0) is 15.5. The zero-order valence-electron chi connectivity index (χ0n) is 12.7. The van der Waals surface area contributed by atoms with Gasteiger partial charge < -0.3 is 10.2 Å². The number of piperidine rings is 1. The average Bonchev–Trinajstić information content (AvgIpc) is 3.34. The molecule has 1 saturated heterocycles. The molecule has 0 radical (unpaired) electrons. The van der Waals surface area contributed by atoms with Crippen LogP contribution in [0.5, 0.6) is 0 Å². The predicted molar refractivity (Wildman–Crippen MR) is 80.4 cm³/mol. The Balaban J connectivity index is 1.49. The van der Waals surface area contributed by atoms with Crippen LogP contribution >= 0.6 is 0 Å². The molecule has 0 spiro atoms. The van der Waals surface area contributed by atoms with Crippen molar-refractivity contribution in [2.24, 2.45) is 5.92 Å². The van der Waals surface area contributed by atoms with E-state index in [1.165, 1.54) is 31.0 Å². The Morgan fingerprint density at radius 2 is 1.77 bits per heavy atom. The summed E-state index contributed by atoms with van der Waals surface area (Å²) in [6.07, 6.45) is 4.30. The largest absolute Gasteiger partial charge is 0.342 e. The molecule has 5 heteroatoms. The minimum absolute atomic E-state index is 0.124. The predicted octanol–water partition coefficient (Wildman–Crippen LogP) is 2.50. The molecule has 0 bridgehead atoms. The number of benzene rings is 1. The van der Waals surface area contributed by atoms with Gasteiger partial charge >= 0.3 is 0 Å². The first-order chi connectivity index (χ1) is 10.6. The molecule has 3 nitrogen and oxygen atoms in total. The van der Waals surface area contributed by atoms with Crippen LogP contribution < -0.4 is 5.32 Å². The smallest absolute Gasteiger partial charge is 0.227 e. The van der Waals surface area contributed by atoms with Crippen LogP contribution in [0.4, 0.5) is 8.78 Å². The molecule has 1 aromatic carbocycles. The van der Waals surface area contributed by atoms with Crippen LogP contribution in [0.2, 0.25) is 0 Å². The second-order valence-electron chi connectivity index (χ2n) is 6.38. The number of hydrogen-bond donors (Lipinski definition) is 1. The molecule has 0 atom stereocenters. The van der Waals surface area contributed by atoms with Crippen LogP contribution in [0.3, 0.4) is 0 Å². The highest BCUT2D eigenvalue weighted by Crippen LogP contribution is 2.28. The molecule has 0 unspecified atom stereocenters. The summed E-state index contributed by atoms with van der Waals surface area (Å²) in [6, 6.07) is 4.17. The maximum absolute atomic E-state index is 13.6. The molecule has 1 aliphatic heterocycles. The lowest BCUT2D eigenvalue weighted by atomic mass is 10.0. The first-order valence-electron chi connectivity index (χ1n) is 8.07. The summed E-state index contributed by atoms with van der Waals surface area (Å²) in [6.45, 7) is 2.41. The number of amides is 1. The highest BCUT2D eigenvalue weighted by atomic mass is 19.1. The monoisotopic (exact) mass is 308 g/mol. The third kappa shape index (κ3) is 3.83. The lowest BCUT2D eigenvalue weighted by molar-refractivity contribution is -0.131. The van der Waals surface area contributed by atoms with Crippen molar-refractivity contribution in [1.82, 2.24) is 10.2 Å². The van der Waals surface area contributed by atoms with Crippen molar-refractivity contribution in [3.05, 3.63) is 35.4 Å². The molecule has 120 valence electrons. The molecule has 22 heavy (non-hydrogen) atoms. The molecule has 2 fully saturated rings. The molecule has 1 aromatic rings. The number of halogens is 2. The van der Waals surface area contributed by atoms with Crippen LogP contribution in [0.25, 0.3) is 0 Å². The Morgan fingerprint density at radius 3 is 2.36 bits per heavy atom. The number of nitrogens with zero attached hydrogens (tertiary/aromatic N) is 1. The summed E-state index contributed by atoms with van der Waals surface area (Å²) in [4.78, 5) is 14.0. The van der Waals surface area contributed by atoms with Crippen molar-refractivity contribution in [3.8, 4) is 0 Å². The fourth-order valence-corrected chi connectivity index (χ4v) is 2.95. The standard InChI is InChI=1S/C17H22F2N2O/c18-15-2-1-3-16(19)14(15)10-17(22)21-8-6-13(7-9-21)20-11-12-4-5-12/h1-3,12-13,20H,4-11H2. The maximum atomic E-state index is 13.6. The van der Waals surface area contributed by atoms with Gasteiger partial charge in [-0.15, -0.1) is 0 Å². The van der Waals surface area contributed by atoms with E-state index in [2.05, 4.69) is 5.32 Å². The van der Waals surface area contributed by atoms with Crippen LogP contribution in [-0.2, 0) is 11.2 Å². The minimum Gasteiger partial charge on any atom is -0.342 e. The van der Waals surface area contributed by atoms with Gasteiger partial charge in [-0.05, 0) is 50.3 Å². The Labute approximate surface area is 129 Å². The van der Waals surface area contributed by atoms with Gasteiger partial charge in [-0.25, -0.2) is 8.78 Å². The second-order valence-corrected chi connectivity index (χ2v) is 6.38. The lowest BCUT2D eigenvalue weighted by Crippen LogP contribution is -2.45. The third-order valence-electron chi connectivity index (χ3n) is 4.63. The van der Waals surface area contributed by atoms with Crippen LogP contribution in [0.15, 0.2) is 18.2 Å². The summed E-state index contributed by atoms with van der Waals surface area (Å²) in [5, 5.41) is 3.55. The van der Waals surface area contributed by atoms with Gasteiger partial charge in [-0.1, -0.05) is 6.07 Å². The molecule has 1 aliphatic carbocycles. The molecule has 1 N–H and O–H groups in total. The molecule has 0 aromatic heterocycles. The van der Waals surface area contributed by atoms with Crippen molar-refractivity contribution in [3.63, 3.8) is 0 Å². The van der Waals surface area contributed by atoms with Crippen molar-refractivity contribution in [1.29, 1.82) is 0 Å². The van der Waals surface area contributed by atoms with Gasteiger partial charge in [0.25, 0.3) is 0 Å². The third-order valence-corrected chi connectivity index (χ3v) is 4.63. The highest BCUT2D eigenvalue weighted by molar-refractivity contribution is 5.79. The van der Waals surface area contributed by atoms with Crippen LogP contribution in [0, 0.1) is 17.6 Å². The van der Waals surface area contributed by atoms with Gasteiger partial charge in [0.05, 0.1) is 6.42 Å². The van der Waals surface area contributed by atoms with Crippen molar-refractivity contribution >= 4 is 5.91 Å². The van der Waals surface area contributed by atoms with Crippen LogP contribution in [0.1, 0.15) is 31.2 Å². The number of carbonyl (C=O) groups is 1. The Kier molecular flexibility index (Phi) is 4.71. The molecule has 1 heterocycles. The van der Waals surface area contributed by atoms with E-state index in [1.807, 2.05) is 0 Å². The van der Waals surface area contributed by atoms with Crippen LogP contribution in [-0.4, -0.2) is 36.5 Å². The van der Waals surface area contributed by atoms with Crippen molar-refractivity contribution in [2.45, 2.75) is 38.1 Å². The van der Waals surface area contributed by atoms with E-state index < -0.39 is 11.6 Å². The van der Waals surface area contributed by atoms with Gasteiger partial charge in [0.15, 0.2) is 0 Å². The van der Waals surface area contributed by atoms with Gasteiger partial charge in [0.1, 0.15) is 11.6 Å². The van der Waals surface area contributed by atoms with Gasteiger partial charge in [-0.2, -0.15) is 0 Å². The first-order valence-corrected chi connectivity index (χ1v) is 8.07. The fourth-order valence-electron chi connectivity index (χ4n) is 2.95. The summed E-state index contributed by atoms with van der Waals surface area (Å²) in [5.41, 5.74) is -0.124. The number of nitrogens with one attached hydrogen (secondary N) is 1. The Bertz CT molecular complexity index is 517. The fraction of sp³-hybridized carbons (Fsp3) is 0.588. The Morgan fingerprint density at radius 1 is 1.14 bits per heavy atom. The number of likely N-dealkylation sites (tertiary alicyclic amines) is 1. The molecule has 1 saturated carbocycles. The van der Waals surface area contributed by atoms with E-state index in [9.17, 15) is 13.6 Å². The zero-order valence-corrected chi connectivity index (χ0v) is 12.7. The molecule has 3 rings (SSSR count). The summed E-state index contributed by atoms with van der Waals surface area (Å²) in [5.74, 6) is -0.628.